The monoisotopic (exact) mass is 402 g/mol. The van der Waals surface area contributed by atoms with Crippen LogP contribution in [0.15, 0.2) is 42.5 Å². The van der Waals surface area contributed by atoms with Crippen molar-refractivity contribution in [2.24, 2.45) is 0 Å². The number of aliphatic carboxylic acids is 1. The highest BCUT2D eigenvalue weighted by Gasteiger charge is 2.24. The number of non-ortho nitro benzene ring substituents is 1. The van der Waals surface area contributed by atoms with E-state index in [1.54, 1.807) is 0 Å². The van der Waals surface area contributed by atoms with Crippen LogP contribution in [0.25, 0.3) is 0 Å². The van der Waals surface area contributed by atoms with Crippen LogP contribution in [0.3, 0.4) is 0 Å². The number of nitrogens with zero attached hydrogens (tertiary/aromatic N) is 1. The number of carbonyl (C=O) groups is 3. The van der Waals surface area contributed by atoms with Crippen LogP contribution in [0, 0.1) is 10.1 Å². The van der Waals surface area contributed by atoms with Gasteiger partial charge in [-0.1, -0.05) is 0 Å². The van der Waals surface area contributed by atoms with Crippen molar-refractivity contribution < 1.29 is 33.9 Å². The first-order chi connectivity index (χ1) is 13.7. The first kappa shape index (κ1) is 21.4. The first-order valence-electron chi connectivity index (χ1n) is 8.34. The molecule has 0 bridgehead atoms. The van der Waals surface area contributed by atoms with Crippen molar-refractivity contribution >= 4 is 23.5 Å². The first-order valence-corrected chi connectivity index (χ1v) is 8.34. The van der Waals surface area contributed by atoms with Gasteiger partial charge in [0.15, 0.2) is 0 Å². The Hall–Kier alpha value is -3.95. The summed E-state index contributed by atoms with van der Waals surface area (Å²) in [4.78, 5) is 45.3. The Bertz CT molecular complexity index is 940. The minimum absolute atomic E-state index is 0.151. The van der Waals surface area contributed by atoms with E-state index < -0.39 is 28.8 Å². The molecule has 152 valence electrons. The zero-order chi connectivity index (χ0) is 21.6. The maximum absolute atomic E-state index is 12.4. The number of esters is 1. The van der Waals surface area contributed by atoms with Crippen LogP contribution in [0.1, 0.15) is 22.8 Å². The molecule has 0 saturated carbocycles. The maximum Gasteiger partial charge on any atom is 0.326 e. The summed E-state index contributed by atoms with van der Waals surface area (Å²) in [5.41, 5.74) is 0.190. The standard InChI is InChI=1S/C19H18N2O8/c1-11(22)29-15-6-3-12(4-7-15)18(23)20-16(19(24)25)10-13-9-14(21(26)27)5-8-17(13)28-2/h3-9,16H,10H2,1-2H3,(H,20,23)(H,24,25)/t16-/m1/s1. The van der Waals surface area contributed by atoms with Crippen molar-refractivity contribution in [2.75, 3.05) is 7.11 Å². The van der Waals surface area contributed by atoms with Crippen LogP contribution in [-0.2, 0) is 16.0 Å². The van der Waals surface area contributed by atoms with E-state index in [4.69, 9.17) is 9.47 Å². The van der Waals surface area contributed by atoms with Crippen molar-refractivity contribution in [3.05, 3.63) is 63.7 Å². The van der Waals surface area contributed by atoms with Gasteiger partial charge in [0, 0.05) is 36.6 Å². The molecule has 0 aromatic heterocycles. The second-order valence-electron chi connectivity index (χ2n) is 5.94. The number of nitro benzene ring substituents is 1. The number of nitro groups is 1. The van der Waals surface area contributed by atoms with Gasteiger partial charge in [0.25, 0.3) is 11.6 Å². The molecule has 0 saturated heterocycles. The van der Waals surface area contributed by atoms with Crippen LogP contribution >= 0.6 is 0 Å². The molecule has 2 aromatic carbocycles. The van der Waals surface area contributed by atoms with E-state index in [1.807, 2.05) is 0 Å². The van der Waals surface area contributed by atoms with E-state index >= 15 is 0 Å². The number of rotatable bonds is 8. The summed E-state index contributed by atoms with van der Waals surface area (Å²) in [6, 6.07) is 8.00. The highest BCUT2D eigenvalue weighted by atomic mass is 16.6. The number of hydrogen-bond acceptors (Lipinski definition) is 7. The van der Waals surface area contributed by atoms with Crippen molar-refractivity contribution in [2.45, 2.75) is 19.4 Å². The number of carboxylic acids is 1. The van der Waals surface area contributed by atoms with E-state index in [-0.39, 0.29) is 34.7 Å². The molecule has 0 fully saturated rings. The lowest BCUT2D eigenvalue weighted by molar-refractivity contribution is -0.384. The Morgan fingerprint density at radius 1 is 1.17 bits per heavy atom. The quantitative estimate of drug-likeness (QED) is 0.295. The van der Waals surface area contributed by atoms with Gasteiger partial charge in [-0.25, -0.2) is 4.79 Å². The Morgan fingerprint density at radius 3 is 2.34 bits per heavy atom. The second-order valence-corrected chi connectivity index (χ2v) is 5.94. The molecule has 2 rings (SSSR count). The van der Waals surface area contributed by atoms with Crippen molar-refractivity contribution in [1.82, 2.24) is 5.32 Å². The Morgan fingerprint density at radius 2 is 1.83 bits per heavy atom. The van der Waals surface area contributed by atoms with Crippen molar-refractivity contribution in [3.8, 4) is 11.5 Å². The fourth-order valence-electron chi connectivity index (χ4n) is 2.54. The number of carboxylic acid groups (broad SMARTS) is 1. The number of carbonyl (C=O) groups excluding carboxylic acids is 2. The normalized spacial score (nSPS) is 11.2. The Balaban J connectivity index is 2.19. The van der Waals surface area contributed by atoms with Crippen LogP contribution in [0.4, 0.5) is 5.69 Å². The second kappa shape index (κ2) is 9.31. The van der Waals surface area contributed by atoms with Gasteiger partial charge in [-0.3, -0.25) is 19.7 Å². The van der Waals surface area contributed by atoms with Crippen LogP contribution in [0.2, 0.25) is 0 Å². The molecule has 0 aliphatic rings. The van der Waals surface area contributed by atoms with Gasteiger partial charge in [0.2, 0.25) is 0 Å². The van der Waals surface area contributed by atoms with Crippen molar-refractivity contribution in [1.29, 1.82) is 0 Å². The van der Waals surface area contributed by atoms with Gasteiger partial charge in [-0.2, -0.15) is 0 Å². The molecule has 0 aliphatic carbocycles. The number of amides is 1. The van der Waals surface area contributed by atoms with Crippen LogP contribution in [-0.4, -0.2) is 41.0 Å². The number of nitrogens with one attached hydrogen (secondary N) is 1. The largest absolute Gasteiger partial charge is 0.496 e. The average Bonchev–Trinajstić information content (AvgIpc) is 2.67. The van der Waals surface area contributed by atoms with E-state index in [1.165, 1.54) is 56.5 Å². The zero-order valence-corrected chi connectivity index (χ0v) is 15.6. The summed E-state index contributed by atoms with van der Waals surface area (Å²) >= 11 is 0. The summed E-state index contributed by atoms with van der Waals surface area (Å²) in [6.07, 6.45) is -0.225. The number of hydrogen-bond donors (Lipinski definition) is 2. The topological polar surface area (TPSA) is 145 Å². The zero-order valence-electron chi connectivity index (χ0n) is 15.6. The molecule has 1 amide bonds. The van der Waals surface area contributed by atoms with Gasteiger partial charge in [0.1, 0.15) is 17.5 Å². The third-order valence-corrected chi connectivity index (χ3v) is 3.88. The highest BCUT2D eigenvalue weighted by molar-refractivity contribution is 5.96. The molecule has 0 aliphatic heterocycles. The summed E-state index contributed by atoms with van der Waals surface area (Å²) in [5, 5.41) is 22.8. The molecule has 10 heteroatoms. The Labute approximate surface area is 165 Å². The summed E-state index contributed by atoms with van der Waals surface area (Å²) in [6.45, 7) is 1.24. The van der Waals surface area contributed by atoms with Crippen molar-refractivity contribution in [3.63, 3.8) is 0 Å². The lowest BCUT2D eigenvalue weighted by Crippen LogP contribution is -2.42. The molecule has 2 N–H and O–H groups in total. The molecule has 10 nitrogen and oxygen atoms in total. The highest BCUT2D eigenvalue weighted by Crippen LogP contribution is 2.25. The lowest BCUT2D eigenvalue weighted by Gasteiger charge is -2.16. The van der Waals surface area contributed by atoms with E-state index in [0.717, 1.165) is 0 Å². The van der Waals surface area contributed by atoms with Gasteiger partial charge >= 0.3 is 11.9 Å². The molecule has 0 unspecified atom stereocenters. The fraction of sp³-hybridized carbons (Fsp3) is 0.211. The predicted octanol–water partition coefficient (Wildman–Crippen LogP) is 1.95. The van der Waals surface area contributed by atoms with Gasteiger partial charge in [-0.05, 0) is 30.3 Å². The predicted molar refractivity (Wildman–Crippen MR) is 100.0 cm³/mol. The summed E-state index contributed by atoms with van der Waals surface area (Å²) < 4.78 is 10.00. The summed E-state index contributed by atoms with van der Waals surface area (Å²) in [7, 11) is 1.35. The van der Waals surface area contributed by atoms with Crippen LogP contribution < -0.4 is 14.8 Å². The van der Waals surface area contributed by atoms with Crippen LogP contribution in [0.5, 0.6) is 11.5 Å². The number of ether oxygens (including phenoxy) is 2. The van der Waals surface area contributed by atoms with Gasteiger partial charge in [-0.15, -0.1) is 0 Å². The Kier molecular flexibility index (Phi) is 6.85. The molecule has 29 heavy (non-hydrogen) atoms. The molecular weight excluding hydrogens is 384 g/mol. The van der Waals surface area contributed by atoms with Gasteiger partial charge < -0.3 is 19.9 Å². The summed E-state index contributed by atoms with van der Waals surface area (Å²) in [5.74, 6) is -1.99. The third-order valence-electron chi connectivity index (χ3n) is 3.88. The van der Waals surface area contributed by atoms with Gasteiger partial charge in [0.05, 0.1) is 12.0 Å². The minimum atomic E-state index is -1.36. The average molecular weight is 402 g/mol. The minimum Gasteiger partial charge on any atom is -0.496 e. The molecule has 0 heterocycles. The molecule has 0 spiro atoms. The molecule has 1 atom stereocenters. The fourth-order valence-corrected chi connectivity index (χ4v) is 2.54. The molecule has 2 aromatic rings. The molecular formula is C19H18N2O8. The van der Waals surface area contributed by atoms with E-state index in [9.17, 15) is 29.6 Å². The number of benzene rings is 2. The lowest BCUT2D eigenvalue weighted by atomic mass is 10.0. The van der Waals surface area contributed by atoms with E-state index in [2.05, 4.69) is 5.32 Å². The van der Waals surface area contributed by atoms with E-state index in [0.29, 0.717) is 0 Å². The third kappa shape index (κ3) is 5.76. The molecule has 0 radical (unpaired) electrons. The smallest absolute Gasteiger partial charge is 0.326 e. The SMILES string of the molecule is COc1ccc([N+](=O)[O-])cc1C[C@@H](NC(=O)c1ccc(OC(C)=O)cc1)C(=O)O. The number of methoxy groups -OCH3 is 1. The maximum atomic E-state index is 12.4.